The lowest BCUT2D eigenvalue weighted by Crippen LogP contribution is -2.04. The molecule has 0 bridgehead atoms. The lowest BCUT2D eigenvalue weighted by Gasteiger charge is -2.15. The van der Waals surface area contributed by atoms with Gasteiger partial charge in [0.05, 0.1) is 18.1 Å². The molecule has 4 rings (SSSR count). The van der Waals surface area contributed by atoms with Crippen LogP contribution < -0.4 is 4.74 Å². The molecule has 0 fully saturated rings. The minimum atomic E-state index is -1.09. The third-order valence-electron chi connectivity index (χ3n) is 4.96. The van der Waals surface area contributed by atoms with E-state index in [2.05, 4.69) is 25.9 Å². The number of rotatable bonds is 6. The Kier molecular flexibility index (Phi) is 6.16. The molecular formula is C23H18BrClN2O3. The molecule has 1 heterocycles. The predicted octanol–water partition coefficient (Wildman–Crippen LogP) is 6.26. The van der Waals surface area contributed by atoms with E-state index in [1.165, 1.54) is 6.20 Å². The van der Waals surface area contributed by atoms with Crippen molar-refractivity contribution in [2.45, 2.75) is 25.9 Å². The van der Waals surface area contributed by atoms with Crippen LogP contribution in [0.2, 0.25) is 5.02 Å². The summed E-state index contributed by atoms with van der Waals surface area (Å²) in [6, 6.07) is 13.6. The second-order valence-corrected chi connectivity index (χ2v) is 8.31. The Morgan fingerprint density at radius 2 is 1.87 bits per heavy atom. The number of hydrogen-bond donors (Lipinski definition) is 1. The fourth-order valence-corrected chi connectivity index (χ4v) is 3.98. The van der Waals surface area contributed by atoms with Crippen molar-refractivity contribution in [1.29, 1.82) is 0 Å². The number of carboxylic acids is 1. The second-order valence-electron chi connectivity index (χ2n) is 6.96. The van der Waals surface area contributed by atoms with Crippen LogP contribution in [0.15, 0.2) is 59.3 Å². The molecule has 0 saturated carbocycles. The maximum absolute atomic E-state index is 11.3. The van der Waals surface area contributed by atoms with Crippen LogP contribution in [0.5, 0.6) is 5.75 Å². The zero-order valence-corrected chi connectivity index (χ0v) is 18.3. The van der Waals surface area contributed by atoms with Gasteiger partial charge in [0.25, 0.3) is 0 Å². The van der Waals surface area contributed by atoms with Gasteiger partial charge < -0.3 is 9.84 Å². The van der Waals surface area contributed by atoms with Crippen molar-refractivity contribution >= 4 is 44.6 Å². The second kappa shape index (κ2) is 8.98. The first kappa shape index (κ1) is 20.6. The average molecular weight is 486 g/mol. The summed E-state index contributed by atoms with van der Waals surface area (Å²) in [7, 11) is 0. The number of halogens is 2. The van der Waals surface area contributed by atoms with Crippen LogP contribution in [0.1, 0.15) is 46.6 Å². The number of ether oxygens (including phenoxy) is 1. The fraction of sp³-hybridized carbons (Fsp3) is 0.174. The van der Waals surface area contributed by atoms with Gasteiger partial charge in [0.1, 0.15) is 12.4 Å². The Balaban J connectivity index is 1.70. The van der Waals surface area contributed by atoms with E-state index in [9.17, 15) is 9.90 Å². The summed E-state index contributed by atoms with van der Waals surface area (Å²) in [4.78, 5) is 19.6. The van der Waals surface area contributed by atoms with Crippen LogP contribution >= 0.6 is 27.5 Å². The monoisotopic (exact) mass is 484 g/mol. The number of benzene rings is 2. The van der Waals surface area contributed by atoms with Gasteiger partial charge in [0.2, 0.25) is 0 Å². The highest BCUT2D eigenvalue weighted by Gasteiger charge is 2.23. The molecular weight excluding hydrogens is 468 g/mol. The van der Waals surface area contributed by atoms with Gasteiger partial charge in [-0.15, -0.1) is 0 Å². The number of hydrogen-bond acceptors (Lipinski definition) is 4. The number of aromatic nitrogens is 2. The van der Waals surface area contributed by atoms with Gasteiger partial charge in [0, 0.05) is 15.1 Å². The first-order valence-electron chi connectivity index (χ1n) is 9.46. The van der Waals surface area contributed by atoms with Crippen molar-refractivity contribution in [3.63, 3.8) is 0 Å². The third kappa shape index (κ3) is 4.55. The van der Waals surface area contributed by atoms with Gasteiger partial charge in [-0.3, -0.25) is 4.98 Å². The van der Waals surface area contributed by atoms with Crippen LogP contribution in [0, 0.1) is 0 Å². The Morgan fingerprint density at radius 1 is 1.10 bits per heavy atom. The summed E-state index contributed by atoms with van der Waals surface area (Å²) in [5, 5.41) is 9.87. The Bertz CT molecular complexity index is 1130. The molecule has 5 nitrogen and oxygen atoms in total. The number of allylic oxidation sites excluding steroid dienone is 2. The van der Waals surface area contributed by atoms with Crippen LogP contribution in [0.4, 0.5) is 0 Å². The normalized spacial score (nSPS) is 13.5. The molecule has 0 radical (unpaired) electrons. The fourth-order valence-electron chi connectivity index (χ4n) is 3.54. The van der Waals surface area contributed by atoms with Crippen LogP contribution in [-0.2, 0) is 6.61 Å². The third-order valence-corrected chi connectivity index (χ3v) is 5.72. The first-order chi connectivity index (χ1) is 14.5. The summed E-state index contributed by atoms with van der Waals surface area (Å²) in [6.45, 7) is 0.429. The van der Waals surface area contributed by atoms with Gasteiger partial charge in [-0.25, -0.2) is 9.78 Å². The van der Waals surface area contributed by atoms with E-state index in [-0.39, 0.29) is 5.69 Å². The molecule has 0 unspecified atom stereocenters. The van der Waals surface area contributed by atoms with Gasteiger partial charge in [-0.1, -0.05) is 39.7 Å². The molecule has 7 heteroatoms. The van der Waals surface area contributed by atoms with Gasteiger partial charge in [0.15, 0.2) is 5.69 Å². The molecule has 0 amide bonds. The van der Waals surface area contributed by atoms with E-state index in [0.29, 0.717) is 17.3 Å². The Morgan fingerprint density at radius 3 is 2.63 bits per heavy atom. The van der Waals surface area contributed by atoms with Crippen molar-refractivity contribution in [2.24, 2.45) is 0 Å². The Labute approximate surface area is 187 Å². The molecule has 152 valence electrons. The van der Waals surface area contributed by atoms with Crippen molar-refractivity contribution in [1.82, 2.24) is 9.97 Å². The quantitative estimate of drug-likeness (QED) is 0.446. The average Bonchev–Trinajstić information content (AvgIpc) is 3.24. The van der Waals surface area contributed by atoms with Crippen molar-refractivity contribution in [3.05, 3.63) is 86.9 Å². The number of carboxylic acid groups (broad SMARTS) is 1. The summed E-state index contributed by atoms with van der Waals surface area (Å²) in [5.74, 6) is -0.357. The zero-order valence-electron chi connectivity index (χ0n) is 15.9. The molecule has 0 spiro atoms. The van der Waals surface area contributed by atoms with Crippen molar-refractivity contribution in [2.75, 3.05) is 0 Å². The van der Waals surface area contributed by atoms with E-state index in [1.807, 2.05) is 42.5 Å². The summed E-state index contributed by atoms with van der Waals surface area (Å²) in [5.41, 5.74) is 4.54. The highest BCUT2D eigenvalue weighted by Crippen LogP contribution is 2.43. The van der Waals surface area contributed by atoms with E-state index in [4.69, 9.17) is 16.3 Å². The van der Waals surface area contributed by atoms with E-state index >= 15 is 0 Å². The number of carbonyl (C=O) groups is 1. The lowest BCUT2D eigenvalue weighted by atomic mass is 9.99. The van der Waals surface area contributed by atoms with Gasteiger partial charge in [-0.05, 0) is 66.3 Å². The Hall–Kier alpha value is -2.70. The highest BCUT2D eigenvalue weighted by molar-refractivity contribution is 9.10. The maximum Gasteiger partial charge on any atom is 0.356 e. The van der Waals surface area contributed by atoms with Crippen molar-refractivity contribution in [3.8, 4) is 5.75 Å². The molecule has 30 heavy (non-hydrogen) atoms. The summed E-state index contributed by atoms with van der Waals surface area (Å²) in [6.07, 6.45) is 5.45. The lowest BCUT2D eigenvalue weighted by molar-refractivity contribution is 0.0690. The summed E-state index contributed by atoms with van der Waals surface area (Å²) >= 11 is 9.74. The molecule has 0 aliphatic heterocycles. The topological polar surface area (TPSA) is 72.3 Å². The largest absolute Gasteiger partial charge is 0.488 e. The molecule has 2 aromatic carbocycles. The molecule has 1 aromatic heterocycles. The molecule has 1 aliphatic rings. The molecule has 1 aliphatic carbocycles. The first-order valence-corrected chi connectivity index (χ1v) is 10.6. The predicted molar refractivity (Wildman–Crippen MR) is 120 cm³/mol. The maximum atomic E-state index is 11.3. The van der Waals surface area contributed by atoms with Crippen molar-refractivity contribution < 1.29 is 14.6 Å². The smallest absolute Gasteiger partial charge is 0.356 e. The minimum absolute atomic E-state index is 0.0657. The van der Waals surface area contributed by atoms with Crippen LogP contribution in [0.25, 0.3) is 11.1 Å². The highest BCUT2D eigenvalue weighted by atomic mass is 79.9. The number of nitrogens with zero attached hydrogens (tertiary/aromatic N) is 2. The van der Waals surface area contributed by atoms with E-state index < -0.39 is 5.97 Å². The van der Waals surface area contributed by atoms with E-state index in [1.54, 1.807) is 6.20 Å². The summed E-state index contributed by atoms with van der Waals surface area (Å²) < 4.78 is 7.16. The standard InChI is InChI=1S/C23H18BrClN2O3/c24-15-6-4-14(5-7-15)13-30-22-9-8-16(25)10-19(22)17-2-1-3-18(17)20-11-26-12-21(27-20)23(28)29/h4-12H,1-3,13H2,(H,28,29). The molecule has 3 aromatic rings. The SMILES string of the molecule is O=C(O)c1cncc(C2=C(c3cc(Cl)ccc3OCc3ccc(Br)cc3)CCC2)n1. The van der Waals surface area contributed by atoms with E-state index in [0.717, 1.165) is 51.8 Å². The minimum Gasteiger partial charge on any atom is -0.488 e. The van der Waals surface area contributed by atoms with Gasteiger partial charge >= 0.3 is 5.97 Å². The molecule has 1 N–H and O–H groups in total. The van der Waals surface area contributed by atoms with Gasteiger partial charge in [-0.2, -0.15) is 0 Å². The number of aromatic carboxylic acids is 1. The zero-order chi connectivity index (χ0) is 21.1. The van der Waals surface area contributed by atoms with Crippen LogP contribution in [0.3, 0.4) is 0 Å². The molecule has 0 atom stereocenters. The van der Waals surface area contributed by atoms with Crippen LogP contribution in [-0.4, -0.2) is 21.0 Å². The molecule has 0 saturated heterocycles.